The molecular weight excluding hydrogens is 330 g/mol. The molecule has 6 nitrogen and oxygen atoms in total. The molecule has 3 aromatic rings. The van der Waals surface area contributed by atoms with Crippen molar-refractivity contribution in [3.8, 4) is 34.3 Å². The summed E-state index contributed by atoms with van der Waals surface area (Å²) in [6.07, 6.45) is 0.965. The fraction of sp³-hybridized carbons (Fsp3) is 0.300. The quantitative estimate of drug-likeness (QED) is 0.719. The van der Waals surface area contributed by atoms with Crippen LogP contribution < -0.4 is 14.8 Å². The Morgan fingerprint density at radius 2 is 1.92 bits per heavy atom. The average Bonchev–Trinajstić information content (AvgIpc) is 3.33. The minimum atomic E-state index is 0.465. The van der Waals surface area contributed by atoms with Crippen molar-refractivity contribution in [2.75, 3.05) is 25.1 Å². The topological polar surface area (TPSA) is 69.4 Å². The second-order valence-electron chi connectivity index (χ2n) is 5.96. The number of rotatable bonds is 6. The molecule has 2 aromatic carbocycles. The second kappa shape index (κ2) is 7.07. The molecule has 0 saturated heterocycles. The van der Waals surface area contributed by atoms with E-state index in [2.05, 4.69) is 21.5 Å². The first kappa shape index (κ1) is 16.4. The molecular formula is C20H21N3O3. The fourth-order valence-electron chi connectivity index (χ4n) is 3.19. The van der Waals surface area contributed by atoms with Crippen LogP contribution >= 0.6 is 0 Å². The van der Waals surface area contributed by atoms with Gasteiger partial charge in [-0.1, -0.05) is 17.3 Å². The highest BCUT2D eigenvalue weighted by Gasteiger charge is 2.19. The van der Waals surface area contributed by atoms with Crippen molar-refractivity contribution < 1.29 is 14.0 Å². The molecule has 2 heterocycles. The monoisotopic (exact) mass is 351 g/mol. The molecule has 0 atom stereocenters. The number of nitrogens with zero attached hydrogens (tertiary/aromatic N) is 2. The number of nitrogens with one attached hydrogen (secondary N) is 1. The summed E-state index contributed by atoms with van der Waals surface area (Å²) in [5.41, 5.74) is 4.20. The molecule has 1 aliphatic rings. The molecule has 1 aromatic heterocycles. The summed E-state index contributed by atoms with van der Waals surface area (Å²) < 4.78 is 16.8. The normalized spacial score (nSPS) is 12.5. The molecule has 26 heavy (non-hydrogen) atoms. The first-order valence-electron chi connectivity index (χ1n) is 8.90. The van der Waals surface area contributed by atoms with Gasteiger partial charge in [-0.3, -0.25) is 0 Å². The Labute approximate surface area is 152 Å². The van der Waals surface area contributed by atoms with E-state index in [1.54, 1.807) is 0 Å². The number of hydrogen-bond donors (Lipinski definition) is 1. The molecule has 0 fully saturated rings. The predicted octanol–water partition coefficient (Wildman–Crippen LogP) is 4.17. The third-order valence-corrected chi connectivity index (χ3v) is 4.32. The number of hydrogen-bond acceptors (Lipinski definition) is 6. The lowest BCUT2D eigenvalue weighted by Gasteiger charge is -2.11. The Bertz CT molecular complexity index is 920. The predicted molar refractivity (Wildman–Crippen MR) is 99.7 cm³/mol. The van der Waals surface area contributed by atoms with Gasteiger partial charge in [-0.15, -0.1) is 0 Å². The zero-order valence-corrected chi connectivity index (χ0v) is 14.9. The molecule has 0 bridgehead atoms. The van der Waals surface area contributed by atoms with Crippen molar-refractivity contribution in [3.05, 3.63) is 42.0 Å². The van der Waals surface area contributed by atoms with E-state index in [1.165, 1.54) is 5.56 Å². The van der Waals surface area contributed by atoms with Crippen molar-refractivity contribution in [1.29, 1.82) is 0 Å². The Hall–Kier alpha value is -3.02. The largest absolute Gasteiger partial charge is 0.490 e. The van der Waals surface area contributed by atoms with Crippen LogP contribution in [0.15, 0.2) is 40.9 Å². The van der Waals surface area contributed by atoms with Crippen molar-refractivity contribution >= 4 is 5.69 Å². The van der Waals surface area contributed by atoms with Crippen LogP contribution in [0.4, 0.5) is 5.69 Å². The highest BCUT2D eigenvalue weighted by atomic mass is 16.5. The summed E-state index contributed by atoms with van der Waals surface area (Å²) in [7, 11) is 0. The van der Waals surface area contributed by atoms with Crippen molar-refractivity contribution in [2.24, 2.45) is 0 Å². The third-order valence-electron chi connectivity index (χ3n) is 4.32. The van der Waals surface area contributed by atoms with Crippen molar-refractivity contribution in [1.82, 2.24) is 10.1 Å². The van der Waals surface area contributed by atoms with Crippen LogP contribution in [0, 0.1) is 0 Å². The highest BCUT2D eigenvalue weighted by molar-refractivity contribution is 5.73. The molecule has 134 valence electrons. The maximum Gasteiger partial charge on any atom is 0.258 e. The van der Waals surface area contributed by atoms with Gasteiger partial charge in [0, 0.05) is 23.4 Å². The Morgan fingerprint density at radius 1 is 1.08 bits per heavy atom. The van der Waals surface area contributed by atoms with Gasteiger partial charge in [0.05, 0.1) is 13.2 Å². The van der Waals surface area contributed by atoms with Gasteiger partial charge in [0.15, 0.2) is 11.5 Å². The van der Waals surface area contributed by atoms with Crippen LogP contribution in [0.25, 0.3) is 22.8 Å². The van der Waals surface area contributed by atoms with E-state index in [9.17, 15) is 0 Å². The summed E-state index contributed by atoms with van der Waals surface area (Å²) in [6, 6.07) is 11.8. The molecule has 1 aliphatic heterocycles. The number of aromatic nitrogens is 2. The molecule has 6 heteroatoms. The van der Waals surface area contributed by atoms with E-state index in [0.29, 0.717) is 36.4 Å². The maximum absolute atomic E-state index is 5.68. The Balaban J connectivity index is 1.68. The van der Waals surface area contributed by atoms with E-state index in [-0.39, 0.29) is 0 Å². The molecule has 0 saturated carbocycles. The van der Waals surface area contributed by atoms with Crippen molar-refractivity contribution in [3.63, 3.8) is 0 Å². The molecule has 1 N–H and O–H groups in total. The minimum absolute atomic E-state index is 0.465. The van der Waals surface area contributed by atoms with Crippen LogP contribution in [0.3, 0.4) is 0 Å². The van der Waals surface area contributed by atoms with Gasteiger partial charge in [-0.2, -0.15) is 4.98 Å². The number of anilines is 1. The summed E-state index contributed by atoms with van der Waals surface area (Å²) >= 11 is 0. The molecule has 0 radical (unpaired) electrons. The summed E-state index contributed by atoms with van der Waals surface area (Å²) in [6.45, 7) is 5.96. The maximum atomic E-state index is 5.68. The number of benzene rings is 2. The van der Waals surface area contributed by atoms with Gasteiger partial charge in [-0.05, 0) is 50.1 Å². The first-order valence-corrected chi connectivity index (χ1v) is 8.90. The summed E-state index contributed by atoms with van der Waals surface area (Å²) in [5.74, 6) is 2.46. The van der Waals surface area contributed by atoms with Gasteiger partial charge in [0.2, 0.25) is 5.82 Å². The lowest BCUT2D eigenvalue weighted by atomic mass is 10.0. The van der Waals surface area contributed by atoms with Crippen LogP contribution in [0.5, 0.6) is 11.5 Å². The van der Waals surface area contributed by atoms with E-state index in [4.69, 9.17) is 14.0 Å². The second-order valence-corrected chi connectivity index (χ2v) is 5.96. The lowest BCUT2D eigenvalue weighted by molar-refractivity contribution is 0.288. The number of fused-ring (bicyclic) bond motifs is 1. The SMILES string of the molecule is CCOc1ccc(-c2nc(-c3cccc4c3CCN4)no2)cc1OCC. The first-order chi connectivity index (χ1) is 12.8. The third kappa shape index (κ3) is 2.98. The van der Waals surface area contributed by atoms with Crippen LogP contribution in [-0.4, -0.2) is 29.9 Å². The number of ether oxygens (including phenoxy) is 2. The Kier molecular flexibility index (Phi) is 4.48. The smallest absolute Gasteiger partial charge is 0.258 e. The zero-order valence-electron chi connectivity index (χ0n) is 14.9. The van der Waals surface area contributed by atoms with E-state index >= 15 is 0 Å². The molecule has 4 rings (SSSR count). The van der Waals surface area contributed by atoms with Gasteiger partial charge >= 0.3 is 0 Å². The van der Waals surface area contributed by atoms with E-state index in [0.717, 1.165) is 29.8 Å². The van der Waals surface area contributed by atoms with Gasteiger partial charge < -0.3 is 19.3 Å². The molecule has 0 amide bonds. The van der Waals surface area contributed by atoms with Gasteiger partial charge in [-0.25, -0.2) is 0 Å². The van der Waals surface area contributed by atoms with Crippen LogP contribution in [0.1, 0.15) is 19.4 Å². The van der Waals surface area contributed by atoms with Crippen LogP contribution in [0.2, 0.25) is 0 Å². The zero-order chi connectivity index (χ0) is 17.9. The van der Waals surface area contributed by atoms with Gasteiger partial charge in [0.1, 0.15) is 0 Å². The average molecular weight is 351 g/mol. The fourth-order valence-corrected chi connectivity index (χ4v) is 3.19. The Morgan fingerprint density at radius 3 is 2.77 bits per heavy atom. The molecule has 0 aliphatic carbocycles. The minimum Gasteiger partial charge on any atom is -0.490 e. The molecule has 0 spiro atoms. The van der Waals surface area contributed by atoms with E-state index in [1.807, 2.05) is 44.2 Å². The summed E-state index contributed by atoms with van der Waals surface area (Å²) in [5, 5.41) is 7.56. The van der Waals surface area contributed by atoms with Crippen molar-refractivity contribution in [2.45, 2.75) is 20.3 Å². The van der Waals surface area contributed by atoms with Crippen LogP contribution in [-0.2, 0) is 6.42 Å². The lowest BCUT2D eigenvalue weighted by Crippen LogP contribution is -1.98. The molecule has 0 unspecified atom stereocenters. The highest BCUT2D eigenvalue weighted by Crippen LogP contribution is 2.35. The van der Waals surface area contributed by atoms with Gasteiger partial charge in [0.25, 0.3) is 5.89 Å². The standard InChI is InChI=1S/C20H21N3O3/c1-3-24-17-9-8-13(12-18(17)25-4-2)20-22-19(23-26-20)15-6-5-7-16-14(15)10-11-21-16/h5-9,12,21H,3-4,10-11H2,1-2H3. The summed E-state index contributed by atoms with van der Waals surface area (Å²) in [4.78, 5) is 4.60. The van der Waals surface area contributed by atoms with E-state index < -0.39 is 0 Å².